The summed E-state index contributed by atoms with van der Waals surface area (Å²) >= 11 is 0. The van der Waals surface area contributed by atoms with Gasteiger partial charge in [-0.15, -0.1) is 0 Å². The molecule has 0 unspecified atom stereocenters. The van der Waals surface area contributed by atoms with Gasteiger partial charge in [0.1, 0.15) is 11.5 Å². The SMILES string of the molecule is Cc1cccc(C)c1B1c2ccccc2B(c2c(C)cccc2C)c2c1cc(Oc1ccc3c4ccccc4n(-c4ccccc4)c3c1)cc2-c1ccccn1. The van der Waals surface area contributed by atoms with E-state index in [2.05, 4.69) is 190 Å². The lowest BCUT2D eigenvalue weighted by Crippen LogP contribution is -2.76. The Morgan fingerprint density at radius 3 is 1.75 bits per heavy atom. The molecule has 0 bridgehead atoms. The zero-order valence-electron chi connectivity index (χ0n) is 32.1. The van der Waals surface area contributed by atoms with Crippen molar-refractivity contribution in [2.45, 2.75) is 27.7 Å². The number of aryl methyl sites for hydroxylation is 4. The van der Waals surface area contributed by atoms with Crippen LogP contribution in [0.2, 0.25) is 0 Å². The molecule has 5 heteroatoms. The van der Waals surface area contributed by atoms with Crippen molar-refractivity contribution in [3.05, 3.63) is 192 Å². The van der Waals surface area contributed by atoms with Crippen molar-refractivity contribution in [2.24, 2.45) is 0 Å². The minimum atomic E-state index is -0.00270. The van der Waals surface area contributed by atoms with Crippen molar-refractivity contribution < 1.29 is 4.74 Å². The Kier molecular flexibility index (Phi) is 8.25. The second kappa shape index (κ2) is 13.6. The number of benzene rings is 7. The van der Waals surface area contributed by atoms with Gasteiger partial charge in [-0.2, -0.15) is 0 Å². The standard InChI is InChI=1S/C51H40B2N2O/c1-33-16-14-17-34(2)49(33)52-43-23-9-10-24-44(43)53(50-35(3)18-15-19-36(50)4)51-42(46-25-12-13-29-54-46)30-39(31-45(51)52)56-38-27-28-41-40-22-8-11-26-47(40)55(48(41)32-38)37-20-6-5-7-21-37/h5-32H,1-4H3. The largest absolute Gasteiger partial charge is 0.457 e. The van der Waals surface area contributed by atoms with E-state index >= 15 is 0 Å². The summed E-state index contributed by atoms with van der Waals surface area (Å²) in [4.78, 5) is 5.02. The zero-order valence-corrected chi connectivity index (χ0v) is 32.1. The fraction of sp³-hybridized carbons (Fsp3) is 0.0784. The first-order valence-electron chi connectivity index (χ1n) is 19.5. The van der Waals surface area contributed by atoms with Gasteiger partial charge in [0.25, 0.3) is 0 Å². The number of ether oxygens (including phenoxy) is 1. The molecule has 266 valence electrons. The molecule has 56 heavy (non-hydrogen) atoms. The summed E-state index contributed by atoms with van der Waals surface area (Å²) in [6.07, 6.45) is 1.90. The van der Waals surface area contributed by atoms with Crippen LogP contribution >= 0.6 is 0 Å². The van der Waals surface area contributed by atoms with E-state index in [-0.39, 0.29) is 13.4 Å². The Hall–Kier alpha value is -6.58. The van der Waals surface area contributed by atoms with Crippen molar-refractivity contribution in [3.63, 3.8) is 0 Å². The highest BCUT2D eigenvalue weighted by Crippen LogP contribution is 2.36. The Morgan fingerprint density at radius 2 is 1.05 bits per heavy atom. The van der Waals surface area contributed by atoms with E-state index in [1.807, 2.05) is 12.3 Å². The summed E-state index contributed by atoms with van der Waals surface area (Å²) in [5.41, 5.74) is 18.5. The summed E-state index contributed by atoms with van der Waals surface area (Å²) in [6, 6.07) is 59.0. The number of rotatable bonds is 6. The van der Waals surface area contributed by atoms with Crippen LogP contribution in [0.4, 0.5) is 0 Å². The molecule has 0 amide bonds. The maximum absolute atomic E-state index is 7.08. The van der Waals surface area contributed by atoms with E-state index in [1.165, 1.54) is 71.3 Å². The Labute approximate surface area is 329 Å². The molecule has 0 N–H and O–H groups in total. The van der Waals surface area contributed by atoms with Crippen molar-refractivity contribution in [1.82, 2.24) is 9.55 Å². The van der Waals surface area contributed by atoms with E-state index in [0.717, 1.165) is 34.0 Å². The highest BCUT2D eigenvalue weighted by Gasteiger charge is 2.42. The average molecular weight is 719 g/mol. The molecule has 0 fully saturated rings. The molecule has 0 saturated carbocycles. The van der Waals surface area contributed by atoms with Crippen LogP contribution in [0.15, 0.2) is 170 Å². The molecule has 1 aliphatic heterocycles. The average Bonchev–Trinajstić information content (AvgIpc) is 3.55. The maximum atomic E-state index is 7.08. The molecule has 1 aliphatic rings. The van der Waals surface area contributed by atoms with Crippen molar-refractivity contribution in [2.75, 3.05) is 0 Å². The summed E-state index contributed by atoms with van der Waals surface area (Å²) in [5.74, 6) is 1.58. The first-order valence-corrected chi connectivity index (χ1v) is 19.5. The fourth-order valence-corrected chi connectivity index (χ4v) is 9.54. The Bertz CT molecular complexity index is 2910. The fourth-order valence-electron chi connectivity index (χ4n) is 9.54. The molecule has 0 saturated heterocycles. The van der Waals surface area contributed by atoms with E-state index < -0.39 is 0 Å². The number of hydrogen-bond acceptors (Lipinski definition) is 2. The van der Waals surface area contributed by atoms with Crippen LogP contribution < -0.4 is 37.5 Å². The molecule has 3 nitrogen and oxygen atoms in total. The van der Waals surface area contributed by atoms with E-state index in [0.29, 0.717) is 0 Å². The third-order valence-electron chi connectivity index (χ3n) is 11.9. The molecule has 0 aliphatic carbocycles. The summed E-state index contributed by atoms with van der Waals surface area (Å²) in [7, 11) is 0. The quantitative estimate of drug-likeness (QED) is 0.162. The number of fused-ring (bicyclic) bond motifs is 5. The van der Waals surface area contributed by atoms with Crippen LogP contribution in [0, 0.1) is 27.7 Å². The van der Waals surface area contributed by atoms with E-state index in [9.17, 15) is 0 Å². The normalized spacial score (nSPS) is 12.2. The van der Waals surface area contributed by atoms with Gasteiger partial charge in [-0.1, -0.05) is 158 Å². The summed E-state index contributed by atoms with van der Waals surface area (Å²) in [6.45, 7) is 9.02. The number of aromatic nitrogens is 2. The maximum Gasteiger partial charge on any atom is 0.241 e. The predicted molar refractivity (Wildman–Crippen MR) is 238 cm³/mol. The van der Waals surface area contributed by atoms with E-state index in [1.54, 1.807) is 0 Å². The predicted octanol–water partition coefficient (Wildman–Crippen LogP) is 8.22. The smallest absolute Gasteiger partial charge is 0.241 e. The second-order valence-corrected chi connectivity index (χ2v) is 15.3. The van der Waals surface area contributed by atoms with Gasteiger partial charge >= 0.3 is 0 Å². The molecule has 0 radical (unpaired) electrons. The molecule has 7 aromatic carbocycles. The van der Waals surface area contributed by atoms with Gasteiger partial charge in [0, 0.05) is 28.7 Å². The van der Waals surface area contributed by atoms with Gasteiger partial charge in [0.15, 0.2) is 0 Å². The van der Waals surface area contributed by atoms with Crippen LogP contribution in [-0.4, -0.2) is 23.0 Å². The topological polar surface area (TPSA) is 27.1 Å². The second-order valence-electron chi connectivity index (χ2n) is 15.3. The van der Waals surface area contributed by atoms with Gasteiger partial charge in [0.2, 0.25) is 13.4 Å². The van der Waals surface area contributed by atoms with Gasteiger partial charge in [-0.25, -0.2) is 0 Å². The number of para-hydroxylation sites is 2. The molecular weight excluding hydrogens is 678 g/mol. The molecule has 3 heterocycles. The van der Waals surface area contributed by atoms with Crippen molar-refractivity contribution in [1.29, 1.82) is 0 Å². The Morgan fingerprint density at radius 1 is 0.446 bits per heavy atom. The van der Waals surface area contributed by atoms with Crippen molar-refractivity contribution >= 4 is 68.0 Å². The molecule has 10 rings (SSSR count). The highest BCUT2D eigenvalue weighted by molar-refractivity contribution is 7.12. The zero-order chi connectivity index (χ0) is 37.9. The first-order chi connectivity index (χ1) is 27.5. The lowest BCUT2D eigenvalue weighted by atomic mass is 9.20. The third-order valence-corrected chi connectivity index (χ3v) is 11.9. The summed E-state index contributed by atoms with van der Waals surface area (Å²) < 4.78 is 9.42. The van der Waals surface area contributed by atoms with Gasteiger partial charge in [-0.3, -0.25) is 4.98 Å². The number of hydrogen-bond donors (Lipinski definition) is 0. The molecule has 2 aromatic heterocycles. The third kappa shape index (κ3) is 5.49. The van der Waals surface area contributed by atoms with Crippen LogP contribution in [0.1, 0.15) is 22.3 Å². The van der Waals surface area contributed by atoms with Gasteiger partial charge in [-0.05, 0) is 87.9 Å². The van der Waals surface area contributed by atoms with Crippen molar-refractivity contribution in [3.8, 4) is 28.4 Å². The molecule has 0 spiro atoms. The molecule has 9 aromatic rings. The first kappa shape index (κ1) is 33.9. The lowest BCUT2D eigenvalue weighted by molar-refractivity contribution is 0.484. The van der Waals surface area contributed by atoms with Crippen LogP contribution in [-0.2, 0) is 0 Å². The molecular formula is C51H40B2N2O. The lowest BCUT2D eigenvalue weighted by Gasteiger charge is -2.36. The van der Waals surface area contributed by atoms with Crippen LogP contribution in [0.25, 0.3) is 38.8 Å². The number of pyridine rings is 1. The van der Waals surface area contributed by atoms with Gasteiger partial charge in [0.05, 0.1) is 16.7 Å². The van der Waals surface area contributed by atoms with Crippen LogP contribution in [0.5, 0.6) is 11.5 Å². The highest BCUT2D eigenvalue weighted by atomic mass is 16.5. The Balaban J connectivity index is 1.25. The van der Waals surface area contributed by atoms with Crippen LogP contribution in [0.3, 0.4) is 0 Å². The molecule has 0 atom stereocenters. The summed E-state index contributed by atoms with van der Waals surface area (Å²) in [5, 5.41) is 2.41. The number of nitrogens with zero attached hydrogens (tertiary/aromatic N) is 2. The van der Waals surface area contributed by atoms with Gasteiger partial charge < -0.3 is 9.30 Å². The minimum Gasteiger partial charge on any atom is -0.457 e. The monoisotopic (exact) mass is 718 g/mol. The minimum absolute atomic E-state index is 0.00270. The van der Waals surface area contributed by atoms with E-state index in [4.69, 9.17) is 9.72 Å².